The molecule has 90 valence electrons. The zero-order valence-corrected chi connectivity index (χ0v) is 12.1. The summed E-state index contributed by atoms with van der Waals surface area (Å²) in [4.78, 5) is 0. The second-order valence-corrected chi connectivity index (χ2v) is 5.31. The standard InChI is InChI=1S/C12H16BrNO.ClH/c1-12(2)10-6-8(13)4-5-9(10)11(14-3)7-15-12;/h4-6,11,14H,7H2,1-3H3;1H/t11-;/m1./s1. The lowest BCUT2D eigenvalue weighted by atomic mass is 9.87. The van der Waals surface area contributed by atoms with Gasteiger partial charge in [-0.25, -0.2) is 0 Å². The minimum absolute atomic E-state index is 0. The van der Waals surface area contributed by atoms with Gasteiger partial charge in [-0.1, -0.05) is 22.0 Å². The quantitative estimate of drug-likeness (QED) is 0.858. The van der Waals surface area contributed by atoms with Crippen LogP contribution in [-0.4, -0.2) is 13.7 Å². The van der Waals surface area contributed by atoms with Crippen molar-refractivity contribution < 1.29 is 4.74 Å². The highest BCUT2D eigenvalue weighted by molar-refractivity contribution is 9.10. The molecular weight excluding hydrogens is 289 g/mol. The van der Waals surface area contributed by atoms with Crippen LogP contribution < -0.4 is 5.32 Å². The summed E-state index contributed by atoms with van der Waals surface area (Å²) in [6.45, 7) is 4.96. The van der Waals surface area contributed by atoms with E-state index in [1.165, 1.54) is 11.1 Å². The average Bonchev–Trinajstić information content (AvgIpc) is 2.19. The van der Waals surface area contributed by atoms with Gasteiger partial charge in [-0.05, 0) is 44.2 Å². The van der Waals surface area contributed by atoms with Gasteiger partial charge in [0.25, 0.3) is 0 Å². The van der Waals surface area contributed by atoms with E-state index in [-0.39, 0.29) is 18.0 Å². The Morgan fingerprint density at radius 3 is 2.75 bits per heavy atom. The number of benzene rings is 1. The Bertz CT molecular complexity index is 381. The smallest absolute Gasteiger partial charge is 0.0879 e. The first kappa shape index (κ1) is 14.0. The minimum Gasteiger partial charge on any atom is -0.369 e. The lowest BCUT2D eigenvalue weighted by Gasteiger charge is -2.37. The van der Waals surface area contributed by atoms with E-state index in [9.17, 15) is 0 Å². The van der Waals surface area contributed by atoms with Crippen LogP contribution in [-0.2, 0) is 10.3 Å². The van der Waals surface area contributed by atoms with Crippen molar-refractivity contribution in [2.24, 2.45) is 0 Å². The maximum Gasteiger partial charge on any atom is 0.0879 e. The molecule has 0 amide bonds. The molecule has 2 nitrogen and oxygen atoms in total. The molecule has 0 saturated carbocycles. The van der Waals surface area contributed by atoms with E-state index < -0.39 is 0 Å². The van der Waals surface area contributed by atoms with Crippen LogP contribution in [0.1, 0.15) is 31.0 Å². The highest BCUT2D eigenvalue weighted by Crippen LogP contribution is 2.37. The number of rotatable bonds is 1. The maximum atomic E-state index is 5.87. The molecule has 0 bridgehead atoms. The fourth-order valence-electron chi connectivity index (χ4n) is 2.05. The number of hydrogen-bond donors (Lipinski definition) is 1. The molecule has 1 atom stereocenters. The summed E-state index contributed by atoms with van der Waals surface area (Å²) >= 11 is 3.51. The second-order valence-electron chi connectivity index (χ2n) is 4.39. The van der Waals surface area contributed by atoms with Gasteiger partial charge in [0.2, 0.25) is 0 Å². The first-order valence-corrected chi connectivity index (χ1v) is 5.95. The van der Waals surface area contributed by atoms with Gasteiger partial charge in [-0.2, -0.15) is 0 Å². The molecule has 2 rings (SSSR count). The monoisotopic (exact) mass is 305 g/mol. The molecular formula is C12H17BrClNO. The van der Waals surface area contributed by atoms with Crippen LogP contribution in [0.3, 0.4) is 0 Å². The highest BCUT2D eigenvalue weighted by Gasteiger charge is 2.32. The Kier molecular flexibility index (Phi) is 4.41. The van der Waals surface area contributed by atoms with Crippen LogP contribution in [0.25, 0.3) is 0 Å². The summed E-state index contributed by atoms with van der Waals surface area (Å²) in [6.07, 6.45) is 0. The molecule has 1 aliphatic heterocycles. The van der Waals surface area contributed by atoms with Crippen LogP contribution in [0.5, 0.6) is 0 Å². The summed E-state index contributed by atoms with van der Waals surface area (Å²) in [7, 11) is 1.97. The summed E-state index contributed by atoms with van der Waals surface area (Å²) < 4.78 is 6.97. The van der Waals surface area contributed by atoms with Crippen molar-refractivity contribution in [3.8, 4) is 0 Å². The van der Waals surface area contributed by atoms with Gasteiger partial charge in [-0.3, -0.25) is 0 Å². The maximum absolute atomic E-state index is 5.87. The van der Waals surface area contributed by atoms with Crippen molar-refractivity contribution in [2.45, 2.75) is 25.5 Å². The molecule has 0 saturated heterocycles. The first-order valence-electron chi connectivity index (χ1n) is 5.16. The predicted octanol–water partition coefficient (Wildman–Crippen LogP) is 3.40. The predicted molar refractivity (Wildman–Crippen MR) is 72.2 cm³/mol. The van der Waals surface area contributed by atoms with Crippen LogP contribution in [0.2, 0.25) is 0 Å². The van der Waals surface area contributed by atoms with E-state index in [1.54, 1.807) is 0 Å². The van der Waals surface area contributed by atoms with Crippen molar-refractivity contribution in [1.82, 2.24) is 5.32 Å². The summed E-state index contributed by atoms with van der Waals surface area (Å²) in [5.41, 5.74) is 2.42. The number of nitrogens with one attached hydrogen (secondary N) is 1. The van der Waals surface area contributed by atoms with Crippen molar-refractivity contribution in [3.63, 3.8) is 0 Å². The molecule has 4 heteroatoms. The molecule has 0 aromatic heterocycles. The molecule has 0 spiro atoms. The molecule has 16 heavy (non-hydrogen) atoms. The van der Waals surface area contributed by atoms with Gasteiger partial charge >= 0.3 is 0 Å². The third-order valence-electron chi connectivity index (χ3n) is 3.00. The number of likely N-dealkylation sites (N-methyl/N-ethyl adjacent to an activating group) is 1. The van der Waals surface area contributed by atoms with Crippen molar-refractivity contribution in [2.75, 3.05) is 13.7 Å². The number of hydrogen-bond acceptors (Lipinski definition) is 2. The average molecular weight is 307 g/mol. The number of fused-ring (bicyclic) bond motifs is 1. The molecule has 1 aromatic carbocycles. The van der Waals surface area contributed by atoms with Gasteiger partial charge in [0.1, 0.15) is 0 Å². The Morgan fingerprint density at radius 1 is 1.44 bits per heavy atom. The number of ether oxygens (including phenoxy) is 1. The lowest BCUT2D eigenvalue weighted by molar-refractivity contribution is -0.0462. The van der Waals surface area contributed by atoms with Crippen LogP contribution >= 0.6 is 28.3 Å². The lowest BCUT2D eigenvalue weighted by Crippen LogP contribution is -2.36. The van der Waals surface area contributed by atoms with E-state index in [2.05, 4.69) is 53.3 Å². The third kappa shape index (κ3) is 2.43. The normalized spacial score (nSPS) is 22.1. The zero-order valence-electron chi connectivity index (χ0n) is 9.71. The fourth-order valence-corrected chi connectivity index (χ4v) is 2.41. The largest absolute Gasteiger partial charge is 0.369 e. The van der Waals surface area contributed by atoms with Gasteiger partial charge in [0.05, 0.1) is 18.2 Å². The van der Waals surface area contributed by atoms with E-state index in [1.807, 2.05) is 7.05 Å². The zero-order chi connectivity index (χ0) is 11.1. The van der Waals surface area contributed by atoms with E-state index >= 15 is 0 Å². The Labute approximate surface area is 111 Å². The Balaban J connectivity index is 0.00000128. The SMILES string of the molecule is CN[C@@H]1COC(C)(C)c2cc(Br)ccc21.Cl. The summed E-state index contributed by atoms with van der Waals surface area (Å²) in [5.74, 6) is 0. The second kappa shape index (κ2) is 5.05. The third-order valence-corrected chi connectivity index (χ3v) is 3.49. The van der Waals surface area contributed by atoms with Crippen LogP contribution in [0.4, 0.5) is 0 Å². The molecule has 0 fully saturated rings. The molecule has 1 heterocycles. The Morgan fingerprint density at radius 2 is 2.12 bits per heavy atom. The Hall–Kier alpha value is -0.0900. The summed E-state index contributed by atoms with van der Waals surface area (Å²) in [5, 5.41) is 3.28. The van der Waals surface area contributed by atoms with Gasteiger partial charge < -0.3 is 10.1 Å². The van der Waals surface area contributed by atoms with Crippen LogP contribution in [0, 0.1) is 0 Å². The van der Waals surface area contributed by atoms with Crippen molar-refractivity contribution >= 4 is 28.3 Å². The van der Waals surface area contributed by atoms with Crippen molar-refractivity contribution in [1.29, 1.82) is 0 Å². The summed E-state index contributed by atoms with van der Waals surface area (Å²) in [6, 6.07) is 6.72. The van der Waals surface area contributed by atoms with Gasteiger partial charge in [-0.15, -0.1) is 12.4 Å². The number of halogens is 2. The van der Waals surface area contributed by atoms with E-state index in [4.69, 9.17) is 4.74 Å². The van der Waals surface area contributed by atoms with E-state index in [0.717, 1.165) is 11.1 Å². The molecule has 0 aliphatic carbocycles. The first-order chi connectivity index (χ1) is 7.04. The van der Waals surface area contributed by atoms with Crippen LogP contribution in [0.15, 0.2) is 22.7 Å². The molecule has 0 radical (unpaired) electrons. The van der Waals surface area contributed by atoms with Crippen molar-refractivity contribution in [3.05, 3.63) is 33.8 Å². The molecule has 1 aromatic rings. The minimum atomic E-state index is -0.188. The van der Waals surface area contributed by atoms with Gasteiger partial charge in [0.15, 0.2) is 0 Å². The molecule has 1 N–H and O–H groups in total. The van der Waals surface area contributed by atoms with E-state index in [0.29, 0.717) is 6.04 Å². The van der Waals surface area contributed by atoms with Gasteiger partial charge in [0, 0.05) is 4.47 Å². The molecule has 0 unspecified atom stereocenters. The highest BCUT2D eigenvalue weighted by atomic mass is 79.9. The fraction of sp³-hybridized carbons (Fsp3) is 0.500. The molecule has 1 aliphatic rings. The topological polar surface area (TPSA) is 21.3 Å².